The summed E-state index contributed by atoms with van der Waals surface area (Å²) in [6, 6.07) is 40.5. The maximum Gasteiger partial charge on any atom is 0.193 e. The van der Waals surface area contributed by atoms with Crippen LogP contribution in [0.3, 0.4) is 0 Å². The fraction of sp³-hybridized carbons (Fsp3) is 0.275. The third-order valence-electron chi connectivity index (χ3n) is 18.2. The molecular formula is C69H63BNS. The normalized spacial score (nSPS) is 20.2. The molecule has 0 unspecified atom stereocenters. The van der Waals surface area contributed by atoms with Crippen molar-refractivity contribution in [2.24, 2.45) is 0 Å². The van der Waals surface area contributed by atoms with Crippen LogP contribution in [0.1, 0.15) is 132 Å². The van der Waals surface area contributed by atoms with E-state index in [1.165, 1.54) is 139 Å². The Hall–Kier alpha value is -6.42. The summed E-state index contributed by atoms with van der Waals surface area (Å²) in [5, 5.41) is 6.91. The molecule has 0 atom stereocenters. The molecule has 7 aliphatic rings. The minimum atomic E-state index is -0.416. The van der Waals surface area contributed by atoms with Gasteiger partial charge in [0.2, 0.25) is 0 Å². The van der Waals surface area contributed by atoms with Gasteiger partial charge in [-0.05, 0) is 176 Å². The monoisotopic (exact) mass is 948 g/mol. The average molecular weight is 949 g/mol. The lowest BCUT2D eigenvalue weighted by Crippen LogP contribution is -2.38. The van der Waals surface area contributed by atoms with Crippen LogP contribution >= 0.6 is 11.3 Å². The molecule has 1 N–H and O–H groups in total. The van der Waals surface area contributed by atoms with Crippen LogP contribution in [0.4, 0.5) is 11.4 Å². The van der Waals surface area contributed by atoms with Gasteiger partial charge in [0, 0.05) is 36.8 Å². The Morgan fingerprint density at radius 1 is 0.556 bits per heavy atom. The molecule has 1 aromatic heterocycles. The number of hydrogen-bond donors (Lipinski definition) is 1. The van der Waals surface area contributed by atoms with E-state index in [0.29, 0.717) is 0 Å². The van der Waals surface area contributed by atoms with Crippen LogP contribution in [-0.4, -0.2) is 7.28 Å². The number of rotatable bonds is 5. The molecule has 6 aliphatic carbocycles. The number of fused-ring (bicyclic) bond motifs is 9. The Balaban J connectivity index is 1.07. The molecule has 6 aromatic carbocycles. The van der Waals surface area contributed by atoms with Crippen molar-refractivity contribution in [3.05, 3.63) is 219 Å². The molecule has 353 valence electrons. The number of allylic oxidation sites excluding steroid dienone is 14. The maximum atomic E-state index is 4.29. The van der Waals surface area contributed by atoms with Crippen LogP contribution in [0.25, 0.3) is 48.0 Å². The summed E-state index contributed by atoms with van der Waals surface area (Å²) in [5.41, 5.74) is 27.1. The molecule has 0 amide bonds. The van der Waals surface area contributed by atoms with E-state index in [9.17, 15) is 0 Å². The molecular weight excluding hydrogens is 886 g/mol. The quantitative estimate of drug-likeness (QED) is 0.170. The highest BCUT2D eigenvalue weighted by atomic mass is 32.1. The highest BCUT2D eigenvalue weighted by molar-refractivity contribution is 7.26. The van der Waals surface area contributed by atoms with Gasteiger partial charge in [-0.15, -0.1) is 11.3 Å². The van der Waals surface area contributed by atoms with Crippen molar-refractivity contribution in [1.29, 1.82) is 0 Å². The lowest BCUT2D eigenvalue weighted by molar-refractivity contribution is 0.332. The fourth-order valence-corrected chi connectivity index (χ4v) is 15.6. The van der Waals surface area contributed by atoms with Crippen molar-refractivity contribution < 1.29 is 0 Å². The molecule has 0 bridgehead atoms. The predicted molar refractivity (Wildman–Crippen MR) is 310 cm³/mol. The van der Waals surface area contributed by atoms with Crippen LogP contribution in [0.5, 0.6) is 0 Å². The highest BCUT2D eigenvalue weighted by Crippen LogP contribution is 2.58. The zero-order chi connectivity index (χ0) is 48.7. The van der Waals surface area contributed by atoms with Crippen molar-refractivity contribution in [1.82, 2.24) is 0 Å². The first-order chi connectivity index (χ1) is 34.9. The molecule has 2 heterocycles. The zero-order valence-corrected chi connectivity index (χ0v) is 43.7. The second-order valence-corrected chi connectivity index (χ2v) is 24.8. The molecule has 0 saturated carbocycles. The van der Waals surface area contributed by atoms with E-state index in [1.54, 1.807) is 0 Å². The summed E-state index contributed by atoms with van der Waals surface area (Å²) in [4.78, 5) is 0. The topological polar surface area (TPSA) is 12.0 Å². The zero-order valence-electron chi connectivity index (χ0n) is 42.9. The van der Waals surface area contributed by atoms with Crippen molar-refractivity contribution in [2.45, 2.75) is 121 Å². The van der Waals surface area contributed by atoms with Gasteiger partial charge in [0.1, 0.15) is 0 Å². The molecule has 3 heteroatoms. The number of thiophene rings is 1. The van der Waals surface area contributed by atoms with Crippen molar-refractivity contribution in [3.63, 3.8) is 0 Å². The van der Waals surface area contributed by atoms with Crippen LogP contribution in [0.15, 0.2) is 180 Å². The number of nitrogens with one attached hydrogen (secondary N) is 1. The molecule has 72 heavy (non-hydrogen) atoms. The van der Waals surface area contributed by atoms with E-state index in [-0.39, 0.29) is 16.2 Å². The smallest absolute Gasteiger partial charge is 0.193 e. The van der Waals surface area contributed by atoms with E-state index in [0.717, 1.165) is 50.6 Å². The van der Waals surface area contributed by atoms with Crippen molar-refractivity contribution in [2.75, 3.05) is 5.32 Å². The predicted octanol–water partition coefficient (Wildman–Crippen LogP) is 17.2. The molecule has 1 radical (unpaired) electrons. The van der Waals surface area contributed by atoms with Gasteiger partial charge < -0.3 is 5.32 Å². The second kappa shape index (κ2) is 16.0. The van der Waals surface area contributed by atoms with Gasteiger partial charge in [-0.1, -0.05) is 186 Å². The molecule has 0 fully saturated rings. The molecule has 1 aliphatic heterocycles. The third-order valence-corrected chi connectivity index (χ3v) is 19.3. The van der Waals surface area contributed by atoms with E-state index < -0.39 is 5.41 Å². The Morgan fingerprint density at radius 2 is 1.28 bits per heavy atom. The van der Waals surface area contributed by atoms with E-state index in [4.69, 9.17) is 0 Å². The van der Waals surface area contributed by atoms with E-state index in [2.05, 4.69) is 212 Å². The molecule has 0 spiro atoms. The summed E-state index contributed by atoms with van der Waals surface area (Å²) in [5.74, 6) is 0. The minimum Gasteiger partial charge on any atom is -0.354 e. The molecule has 0 saturated heterocycles. The fourth-order valence-electron chi connectivity index (χ4n) is 14.5. The summed E-state index contributed by atoms with van der Waals surface area (Å²) in [7, 11) is 2.63. The lowest BCUT2D eigenvalue weighted by atomic mass is 9.55. The average Bonchev–Trinajstić information content (AvgIpc) is 3.77. The first kappa shape index (κ1) is 44.3. The van der Waals surface area contributed by atoms with Gasteiger partial charge in [0.15, 0.2) is 7.28 Å². The summed E-state index contributed by atoms with van der Waals surface area (Å²) >= 11 is 1.91. The summed E-state index contributed by atoms with van der Waals surface area (Å²) in [6.45, 7) is 14.7. The maximum absolute atomic E-state index is 4.29. The lowest BCUT2D eigenvalue weighted by Gasteiger charge is -2.43. The molecule has 7 aromatic rings. The Labute approximate surface area is 431 Å². The van der Waals surface area contributed by atoms with Crippen LogP contribution in [0.2, 0.25) is 0 Å². The Morgan fingerprint density at radius 3 is 2.07 bits per heavy atom. The second-order valence-electron chi connectivity index (χ2n) is 23.7. The van der Waals surface area contributed by atoms with Crippen molar-refractivity contribution in [3.8, 4) is 22.3 Å². The number of benzene rings is 6. The summed E-state index contributed by atoms with van der Waals surface area (Å²) < 4.78 is 2.63. The van der Waals surface area contributed by atoms with Gasteiger partial charge in [-0.2, -0.15) is 0 Å². The first-order valence-electron chi connectivity index (χ1n) is 27.0. The largest absolute Gasteiger partial charge is 0.354 e. The van der Waals surface area contributed by atoms with Gasteiger partial charge in [0.05, 0.1) is 11.1 Å². The minimum absolute atomic E-state index is 0.0871. The third kappa shape index (κ3) is 6.38. The Bertz CT molecular complexity index is 3720. The molecule has 14 rings (SSSR count). The van der Waals surface area contributed by atoms with E-state index >= 15 is 0 Å². The van der Waals surface area contributed by atoms with Gasteiger partial charge in [-0.3, -0.25) is 0 Å². The standard InChI is InChI=1S/C69H63BNS/c1-66(2)36-37-67(3,4)55-41-47(32-34-53(55)66)71-65-50(33-35-59-62(65)49-26-15-18-31-58(49)72-59)63-61-48-25-14-17-28-52(48)68(5,6)56(61)40-44-39-43-38-42-20-13-16-27-51(42)69(45-21-9-7-10-22-45,46-23-11-8-12-24-46)54-29-19-30-57(60(43)54)70-64(44)63/h9,11,14-15,17-35,38,40-41,71H,7-8,10,12-13,16,36-37,39H2,1-6H3. The van der Waals surface area contributed by atoms with Gasteiger partial charge in [-0.25, -0.2) is 0 Å². The van der Waals surface area contributed by atoms with E-state index in [1.807, 2.05) is 11.3 Å². The van der Waals surface area contributed by atoms with Gasteiger partial charge >= 0.3 is 0 Å². The number of anilines is 2. The highest BCUT2D eigenvalue weighted by Gasteiger charge is 2.48. The van der Waals surface area contributed by atoms with Crippen molar-refractivity contribution >= 4 is 66.7 Å². The Kier molecular flexibility index (Phi) is 9.87. The van der Waals surface area contributed by atoms with Crippen LogP contribution in [0, 0.1) is 0 Å². The number of hydrogen-bond acceptors (Lipinski definition) is 2. The first-order valence-corrected chi connectivity index (χ1v) is 27.8. The van der Waals surface area contributed by atoms with Crippen LogP contribution < -0.4 is 16.2 Å². The summed E-state index contributed by atoms with van der Waals surface area (Å²) in [6.07, 6.45) is 32.4. The van der Waals surface area contributed by atoms with Crippen LogP contribution in [-0.2, 0) is 28.1 Å². The van der Waals surface area contributed by atoms with Gasteiger partial charge in [0.25, 0.3) is 0 Å². The molecule has 1 nitrogen and oxygen atoms in total. The SMILES string of the molecule is CC1(C)CCC(C)(C)c2cc(Nc3c(-c4c5c(cc6c4-c4ccccc4C6(C)C)CC4=CC6=CCCC=C6C(C6=CCCC=C6)(C6=CCCC=C6)c6cccc(c64)[B]5)ccc4sc5ccccc5c34)ccc21.